The van der Waals surface area contributed by atoms with Crippen LogP contribution in [0.25, 0.3) is 0 Å². The molecular weight excluding hydrogens is 302 g/mol. The summed E-state index contributed by atoms with van der Waals surface area (Å²) in [6.07, 6.45) is -4.07. The molecule has 0 saturated carbocycles. The molecule has 0 aliphatic carbocycles. The molecule has 2 rings (SSSR count). The molecule has 0 radical (unpaired) electrons. The zero-order valence-electron chi connectivity index (χ0n) is 9.68. The second-order valence-electron chi connectivity index (χ2n) is 4.22. The summed E-state index contributed by atoms with van der Waals surface area (Å²) in [5.74, 6) is -0.602. The Hall–Kier alpha value is -0.940. The molecular formula is C12H10Cl2F3NO. The predicted molar refractivity (Wildman–Crippen MR) is 67.6 cm³/mol. The highest BCUT2D eigenvalue weighted by molar-refractivity contribution is 6.33. The minimum absolute atomic E-state index is 0.00742. The molecule has 1 amide bonds. The molecule has 0 spiro atoms. The number of alkyl halides is 5. The molecule has 1 fully saturated rings. The van der Waals surface area contributed by atoms with Crippen molar-refractivity contribution in [2.24, 2.45) is 0 Å². The fourth-order valence-corrected chi connectivity index (χ4v) is 2.46. The third kappa shape index (κ3) is 2.82. The number of rotatable bonds is 2. The van der Waals surface area contributed by atoms with Crippen molar-refractivity contribution in [2.45, 2.75) is 23.9 Å². The average molecular weight is 312 g/mol. The van der Waals surface area contributed by atoms with Gasteiger partial charge in [0.25, 0.3) is 0 Å². The number of anilines is 1. The van der Waals surface area contributed by atoms with E-state index in [2.05, 4.69) is 0 Å². The van der Waals surface area contributed by atoms with Gasteiger partial charge in [-0.05, 0) is 24.1 Å². The molecule has 0 aromatic heterocycles. The van der Waals surface area contributed by atoms with Crippen molar-refractivity contribution in [3.63, 3.8) is 0 Å². The van der Waals surface area contributed by atoms with E-state index in [0.717, 1.165) is 6.07 Å². The van der Waals surface area contributed by atoms with Crippen LogP contribution in [0.5, 0.6) is 0 Å². The van der Waals surface area contributed by atoms with Crippen LogP contribution in [0, 0.1) is 0 Å². The molecule has 1 aliphatic rings. The van der Waals surface area contributed by atoms with E-state index in [1.54, 1.807) is 0 Å². The molecule has 1 aliphatic heterocycles. The van der Waals surface area contributed by atoms with Gasteiger partial charge in [0.1, 0.15) is 5.38 Å². The molecule has 2 nitrogen and oxygen atoms in total. The van der Waals surface area contributed by atoms with Gasteiger partial charge in [-0.3, -0.25) is 4.79 Å². The monoisotopic (exact) mass is 311 g/mol. The Morgan fingerprint density at radius 1 is 1.37 bits per heavy atom. The smallest absolute Gasteiger partial charge is 0.311 e. The Morgan fingerprint density at radius 3 is 2.53 bits per heavy atom. The highest BCUT2D eigenvalue weighted by Crippen LogP contribution is 2.36. The van der Waals surface area contributed by atoms with Gasteiger partial charge >= 0.3 is 6.18 Å². The fourth-order valence-electron chi connectivity index (χ4n) is 2.01. The third-order valence-electron chi connectivity index (χ3n) is 2.99. The van der Waals surface area contributed by atoms with E-state index in [4.69, 9.17) is 23.2 Å². The molecule has 1 heterocycles. The summed E-state index contributed by atoms with van der Waals surface area (Å²) in [7, 11) is 0. The molecule has 0 N–H and O–H groups in total. The Bertz CT molecular complexity index is 504. The molecule has 104 valence electrons. The van der Waals surface area contributed by atoms with Crippen molar-refractivity contribution < 1.29 is 18.0 Å². The van der Waals surface area contributed by atoms with E-state index in [1.165, 1.54) is 17.0 Å². The zero-order chi connectivity index (χ0) is 14.2. The molecule has 1 aromatic carbocycles. The van der Waals surface area contributed by atoms with E-state index in [9.17, 15) is 18.0 Å². The Labute approximate surface area is 118 Å². The topological polar surface area (TPSA) is 20.3 Å². The van der Waals surface area contributed by atoms with Crippen molar-refractivity contribution in [1.82, 2.24) is 0 Å². The van der Waals surface area contributed by atoms with Crippen molar-refractivity contribution in [2.75, 3.05) is 11.4 Å². The molecule has 7 heteroatoms. The van der Waals surface area contributed by atoms with Crippen LogP contribution in [0.3, 0.4) is 0 Å². The van der Waals surface area contributed by atoms with Crippen LogP contribution in [0.15, 0.2) is 18.2 Å². The summed E-state index contributed by atoms with van der Waals surface area (Å²) in [4.78, 5) is 13.0. The Morgan fingerprint density at radius 2 is 2.05 bits per heavy atom. The number of carbonyl (C=O) groups is 1. The summed E-state index contributed by atoms with van der Waals surface area (Å²) >= 11 is 11.3. The number of halogens is 5. The quantitative estimate of drug-likeness (QED) is 0.761. The first-order chi connectivity index (χ1) is 8.84. The highest BCUT2D eigenvalue weighted by atomic mass is 35.5. The minimum Gasteiger partial charge on any atom is -0.311 e. The molecule has 19 heavy (non-hydrogen) atoms. The highest BCUT2D eigenvalue weighted by Gasteiger charge is 2.36. The lowest BCUT2D eigenvalue weighted by Gasteiger charge is -2.19. The molecule has 1 saturated heterocycles. The van der Waals surface area contributed by atoms with Crippen LogP contribution < -0.4 is 4.90 Å². The summed E-state index contributed by atoms with van der Waals surface area (Å²) in [6.45, 7) is 0.324. The maximum atomic E-state index is 12.9. The van der Waals surface area contributed by atoms with E-state index in [1.807, 2.05) is 0 Å². The number of amides is 1. The van der Waals surface area contributed by atoms with Gasteiger partial charge < -0.3 is 4.90 Å². The van der Waals surface area contributed by atoms with Crippen LogP contribution in [0.2, 0.25) is 0 Å². The van der Waals surface area contributed by atoms with Crippen molar-refractivity contribution in [3.05, 3.63) is 29.3 Å². The number of nitrogens with zero attached hydrogens (tertiary/aromatic N) is 1. The van der Waals surface area contributed by atoms with Crippen molar-refractivity contribution in [3.8, 4) is 0 Å². The van der Waals surface area contributed by atoms with Crippen LogP contribution >= 0.6 is 23.2 Å². The van der Waals surface area contributed by atoms with E-state index >= 15 is 0 Å². The van der Waals surface area contributed by atoms with E-state index < -0.39 is 17.1 Å². The largest absolute Gasteiger partial charge is 0.416 e. The lowest BCUT2D eigenvalue weighted by molar-refractivity contribution is -0.138. The van der Waals surface area contributed by atoms with Gasteiger partial charge in [0, 0.05) is 18.1 Å². The van der Waals surface area contributed by atoms with Gasteiger partial charge in [0.2, 0.25) is 5.91 Å². The van der Waals surface area contributed by atoms with Gasteiger partial charge in [-0.1, -0.05) is 6.07 Å². The van der Waals surface area contributed by atoms with E-state index in [-0.39, 0.29) is 23.0 Å². The van der Waals surface area contributed by atoms with Crippen LogP contribution in [0.4, 0.5) is 18.9 Å². The Kier molecular flexibility index (Phi) is 3.97. The lowest BCUT2D eigenvalue weighted by atomic mass is 10.1. The summed E-state index contributed by atoms with van der Waals surface area (Å²) < 4.78 is 38.7. The summed E-state index contributed by atoms with van der Waals surface area (Å²) in [5, 5.41) is -0.665. The molecule has 0 bridgehead atoms. The van der Waals surface area contributed by atoms with Gasteiger partial charge in [0.15, 0.2) is 0 Å². The van der Waals surface area contributed by atoms with Gasteiger partial charge in [0.05, 0.1) is 5.56 Å². The SMILES string of the molecule is O=C1C(Cl)CCN1c1ccc(CCl)c(C(F)(F)F)c1. The fraction of sp³-hybridized carbons (Fsp3) is 0.417. The van der Waals surface area contributed by atoms with Crippen molar-refractivity contribution in [1.29, 1.82) is 0 Å². The Balaban J connectivity index is 2.41. The first kappa shape index (κ1) is 14.5. The number of hydrogen-bond acceptors (Lipinski definition) is 1. The molecule has 1 atom stereocenters. The average Bonchev–Trinajstić information content (AvgIpc) is 2.68. The second kappa shape index (κ2) is 5.21. The van der Waals surface area contributed by atoms with Gasteiger partial charge in [-0.15, -0.1) is 23.2 Å². The standard InChI is InChI=1S/C12H10Cl2F3NO/c13-6-7-1-2-8(5-9(7)12(15,16)17)18-4-3-10(14)11(18)19/h1-2,5,10H,3-4,6H2. The summed E-state index contributed by atoms with van der Waals surface area (Å²) in [5.41, 5.74) is -0.618. The van der Waals surface area contributed by atoms with E-state index in [0.29, 0.717) is 13.0 Å². The third-order valence-corrected chi connectivity index (χ3v) is 3.69. The maximum absolute atomic E-state index is 12.9. The van der Waals surface area contributed by atoms with Crippen LogP contribution in [-0.4, -0.2) is 17.8 Å². The second-order valence-corrected chi connectivity index (χ2v) is 5.01. The zero-order valence-corrected chi connectivity index (χ0v) is 11.2. The maximum Gasteiger partial charge on any atom is 0.416 e. The molecule has 1 unspecified atom stereocenters. The number of benzene rings is 1. The normalized spacial score (nSPS) is 20.2. The minimum atomic E-state index is -4.50. The van der Waals surface area contributed by atoms with Gasteiger partial charge in [-0.2, -0.15) is 13.2 Å². The number of carbonyl (C=O) groups excluding carboxylic acids is 1. The first-order valence-electron chi connectivity index (χ1n) is 5.56. The lowest BCUT2D eigenvalue weighted by Crippen LogP contribution is -2.27. The summed E-state index contributed by atoms with van der Waals surface area (Å²) in [6, 6.07) is 3.70. The van der Waals surface area contributed by atoms with Gasteiger partial charge in [-0.25, -0.2) is 0 Å². The molecule has 1 aromatic rings. The van der Waals surface area contributed by atoms with Crippen LogP contribution in [-0.2, 0) is 16.9 Å². The first-order valence-corrected chi connectivity index (χ1v) is 6.53. The number of hydrogen-bond donors (Lipinski definition) is 0. The predicted octanol–water partition coefficient (Wildman–Crippen LogP) is 3.79. The van der Waals surface area contributed by atoms with Crippen LogP contribution in [0.1, 0.15) is 17.5 Å². The van der Waals surface area contributed by atoms with Crippen molar-refractivity contribution >= 4 is 34.8 Å².